The van der Waals surface area contributed by atoms with Gasteiger partial charge in [-0.25, -0.2) is 9.18 Å². The van der Waals surface area contributed by atoms with Crippen molar-refractivity contribution in [3.8, 4) is 0 Å². The summed E-state index contributed by atoms with van der Waals surface area (Å²) in [5.41, 5.74) is 5.63. The number of nitrogens with two attached hydrogens (primary N) is 1. The average Bonchev–Trinajstić information content (AvgIpc) is 3.31. The standard InChI is InChI=1S/C19H22F4N4O2/c1-9-15-12(17(28)25-18(29)27(15)11-2-3-11)6-13(20)16(9)26-5-4-10(8-26)14(24)7-19(21,22)23/h6,10-11,14H,2-5,7-8,24H2,1H3,(H,25,28,29). The van der Waals surface area contributed by atoms with Crippen LogP contribution in [0.1, 0.15) is 37.3 Å². The number of hydrogen-bond donors (Lipinski definition) is 2. The summed E-state index contributed by atoms with van der Waals surface area (Å²) in [5.74, 6) is -1.05. The van der Waals surface area contributed by atoms with Gasteiger partial charge in [0.2, 0.25) is 0 Å². The average molecular weight is 414 g/mol. The number of nitrogens with one attached hydrogen (secondary N) is 1. The molecule has 10 heteroatoms. The summed E-state index contributed by atoms with van der Waals surface area (Å²) in [4.78, 5) is 28.5. The highest BCUT2D eigenvalue weighted by molar-refractivity contribution is 5.87. The maximum Gasteiger partial charge on any atom is 0.390 e. The normalized spacial score (nSPS) is 21.2. The van der Waals surface area contributed by atoms with E-state index in [1.165, 1.54) is 4.57 Å². The second-order valence-corrected chi connectivity index (χ2v) is 8.07. The topological polar surface area (TPSA) is 84.1 Å². The van der Waals surface area contributed by atoms with Gasteiger partial charge in [-0.15, -0.1) is 0 Å². The van der Waals surface area contributed by atoms with E-state index in [9.17, 15) is 27.2 Å². The van der Waals surface area contributed by atoms with E-state index in [-0.39, 0.29) is 23.7 Å². The molecule has 0 bridgehead atoms. The number of hydrogen-bond acceptors (Lipinski definition) is 4. The smallest absolute Gasteiger partial charge is 0.369 e. The van der Waals surface area contributed by atoms with Crippen LogP contribution in [-0.4, -0.2) is 34.9 Å². The zero-order valence-corrected chi connectivity index (χ0v) is 15.9. The van der Waals surface area contributed by atoms with Crippen LogP contribution in [-0.2, 0) is 0 Å². The van der Waals surface area contributed by atoms with E-state index in [2.05, 4.69) is 4.98 Å². The predicted molar refractivity (Wildman–Crippen MR) is 101 cm³/mol. The van der Waals surface area contributed by atoms with Crippen LogP contribution in [0.5, 0.6) is 0 Å². The lowest BCUT2D eigenvalue weighted by molar-refractivity contribution is -0.140. The number of halogens is 4. The Kier molecular flexibility index (Phi) is 4.71. The molecule has 0 radical (unpaired) electrons. The number of nitrogens with zero attached hydrogens (tertiary/aromatic N) is 2. The van der Waals surface area contributed by atoms with Gasteiger partial charge < -0.3 is 10.6 Å². The van der Waals surface area contributed by atoms with Crippen molar-refractivity contribution >= 4 is 16.6 Å². The number of fused-ring (bicyclic) bond motifs is 1. The summed E-state index contributed by atoms with van der Waals surface area (Å²) in [6.07, 6.45) is -3.42. The van der Waals surface area contributed by atoms with Crippen LogP contribution in [0.2, 0.25) is 0 Å². The molecule has 1 aliphatic carbocycles. The Labute approximate surface area is 163 Å². The number of anilines is 1. The Morgan fingerprint density at radius 1 is 1.28 bits per heavy atom. The molecule has 2 heterocycles. The van der Waals surface area contributed by atoms with Gasteiger partial charge in [-0.1, -0.05) is 0 Å². The minimum absolute atomic E-state index is 0.0367. The first kappa shape index (κ1) is 19.9. The first-order valence-corrected chi connectivity index (χ1v) is 9.61. The summed E-state index contributed by atoms with van der Waals surface area (Å²) in [6.45, 7) is 2.19. The summed E-state index contributed by atoms with van der Waals surface area (Å²) >= 11 is 0. The van der Waals surface area contributed by atoms with Gasteiger partial charge in [0.15, 0.2) is 0 Å². The zero-order chi connectivity index (χ0) is 21.1. The minimum atomic E-state index is -4.35. The van der Waals surface area contributed by atoms with E-state index in [1.807, 2.05) is 0 Å². The number of aromatic amines is 1. The maximum absolute atomic E-state index is 15.0. The number of H-pyrrole nitrogens is 1. The van der Waals surface area contributed by atoms with Gasteiger partial charge in [0.1, 0.15) is 5.82 Å². The molecular formula is C19H22F4N4O2. The van der Waals surface area contributed by atoms with E-state index >= 15 is 0 Å². The summed E-state index contributed by atoms with van der Waals surface area (Å²) < 4.78 is 54.5. The van der Waals surface area contributed by atoms with Crippen LogP contribution >= 0.6 is 0 Å². The molecule has 3 N–H and O–H groups in total. The third kappa shape index (κ3) is 3.65. The van der Waals surface area contributed by atoms with Crippen LogP contribution in [0, 0.1) is 18.7 Å². The van der Waals surface area contributed by atoms with Crippen LogP contribution in [0.15, 0.2) is 15.7 Å². The highest BCUT2D eigenvalue weighted by Crippen LogP contribution is 2.39. The number of benzene rings is 1. The van der Waals surface area contributed by atoms with Crippen LogP contribution < -0.4 is 21.9 Å². The molecule has 2 fully saturated rings. The van der Waals surface area contributed by atoms with Crippen molar-refractivity contribution in [3.63, 3.8) is 0 Å². The predicted octanol–water partition coefficient (Wildman–Crippen LogP) is 2.58. The summed E-state index contributed by atoms with van der Waals surface area (Å²) in [6, 6.07) is 0.0133. The van der Waals surface area contributed by atoms with E-state index in [0.29, 0.717) is 24.0 Å². The van der Waals surface area contributed by atoms with Crippen molar-refractivity contribution in [3.05, 3.63) is 38.3 Å². The second-order valence-electron chi connectivity index (χ2n) is 8.07. The number of aryl methyl sites for hydroxylation is 1. The van der Waals surface area contributed by atoms with Crippen molar-refractivity contribution in [2.75, 3.05) is 18.0 Å². The largest absolute Gasteiger partial charge is 0.390 e. The number of rotatable bonds is 4. The van der Waals surface area contributed by atoms with Crippen LogP contribution in [0.3, 0.4) is 0 Å². The van der Waals surface area contributed by atoms with Crippen molar-refractivity contribution in [1.82, 2.24) is 9.55 Å². The van der Waals surface area contributed by atoms with Gasteiger partial charge >= 0.3 is 11.9 Å². The fourth-order valence-corrected chi connectivity index (χ4v) is 4.41. The molecule has 29 heavy (non-hydrogen) atoms. The van der Waals surface area contributed by atoms with E-state index < -0.39 is 41.6 Å². The summed E-state index contributed by atoms with van der Waals surface area (Å²) in [7, 11) is 0. The fourth-order valence-electron chi connectivity index (χ4n) is 4.41. The maximum atomic E-state index is 15.0. The van der Waals surface area contributed by atoms with Crippen LogP contribution in [0.25, 0.3) is 10.9 Å². The highest BCUT2D eigenvalue weighted by atomic mass is 19.4. The van der Waals surface area contributed by atoms with Gasteiger partial charge in [0, 0.05) is 30.7 Å². The van der Waals surface area contributed by atoms with Crippen molar-refractivity contribution in [2.45, 2.75) is 50.9 Å². The molecule has 0 amide bonds. The lowest BCUT2D eigenvalue weighted by Gasteiger charge is -2.25. The third-order valence-electron chi connectivity index (χ3n) is 5.91. The first-order valence-electron chi connectivity index (χ1n) is 9.61. The number of alkyl halides is 3. The highest BCUT2D eigenvalue weighted by Gasteiger charge is 2.37. The van der Waals surface area contributed by atoms with Crippen molar-refractivity contribution < 1.29 is 17.6 Å². The van der Waals surface area contributed by atoms with Gasteiger partial charge in [-0.2, -0.15) is 13.2 Å². The Bertz CT molecular complexity index is 1070. The van der Waals surface area contributed by atoms with E-state index in [4.69, 9.17) is 5.73 Å². The first-order chi connectivity index (χ1) is 13.6. The van der Waals surface area contributed by atoms with Gasteiger partial charge in [0.05, 0.1) is 23.0 Å². The van der Waals surface area contributed by atoms with Crippen LogP contribution in [0.4, 0.5) is 23.2 Å². The van der Waals surface area contributed by atoms with Crippen molar-refractivity contribution in [1.29, 1.82) is 0 Å². The SMILES string of the molecule is Cc1c(N2CCC(C(N)CC(F)(F)F)C2)c(F)cc2c(=O)[nH]c(=O)n(C3CC3)c12. The molecule has 2 aromatic rings. The van der Waals surface area contributed by atoms with E-state index in [1.54, 1.807) is 11.8 Å². The quantitative estimate of drug-likeness (QED) is 0.754. The number of aromatic nitrogens is 2. The Morgan fingerprint density at radius 2 is 1.97 bits per heavy atom. The molecule has 0 spiro atoms. The van der Waals surface area contributed by atoms with Gasteiger partial charge in [0.25, 0.3) is 5.56 Å². The third-order valence-corrected chi connectivity index (χ3v) is 5.91. The molecular weight excluding hydrogens is 392 g/mol. The lowest BCUT2D eigenvalue weighted by atomic mass is 9.97. The fraction of sp³-hybridized carbons (Fsp3) is 0.579. The second kappa shape index (κ2) is 6.86. The Balaban J connectivity index is 1.75. The molecule has 1 saturated heterocycles. The molecule has 1 aromatic heterocycles. The van der Waals surface area contributed by atoms with Gasteiger partial charge in [-0.05, 0) is 38.2 Å². The lowest BCUT2D eigenvalue weighted by Crippen LogP contribution is -2.37. The monoisotopic (exact) mass is 414 g/mol. The molecule has 1 aromatic carbocycles. The molecule has 2 unspecified atom stereocenters. The molecule has 158 valence electrons. The summed E-state index contributed by atoms with van der Waals surface area (Å²) in [5, 5.41) is 0.0970. The Hall–Kier alpha value is -2.36. The molecule has 4 rings (SSSR count). The minimum Gasteiger partial charge on any atom is -0.369 e. The Morgan fingerprint density at radius 3 is 2.59 bits per heavy atom. The van der Waals surface area contributed by atoms with Crippen molar-refractivity contribution in [2.24, 2.45) is 11.7 Å². The molecule has 1 saturated carbocycles. The van der Waals surface area contributed by atoms with Gasteiger partial charge in [-0.3, -0.25) is 14.3 Å². The zero-order valence-electron chi connectivity index (χ0n) is 15.9. The molecule has 2 aliphatic rings. The molecule has 1 aliphatic heterocycles. The van der Waals surface area contributed by atoms with E-state index in [0.717, 1.165) is 18.9 Å². The molecule has 6 nitrogen and oxygen atoms in total. The molecule has 2 atom stereocenters.